The number of ether oxygens (including phenoxy) is 1. The summed E-state index contributed by atoms with van der Waals surface area (Å²) in [6.07, 6.45) is 0. The second-order valence-electron chi connectivity index (χ2n) is 3.72. The van der Waals surface area contributed by atoms with Crippen molar-refractivity contribution < 1.29 is 4.74 Å². The number of rotatable bonds is 0. The monoisotopic (exact) mass is 202 g/mol. The van der Waals surface area contributed by atoms with E-state index >= 15 is 0 Å². The summed E-state index contributed by atoms with van der Waals surface area (Å²) in [5.74, 6) is 0. The van der Waals surface area contributed by atoms with Gasteiger partial charge < -0.3 is 4.74 Å². The van der Waals surface area contributed by atoms with Gasteiger partial charge in [-0.25, -0.2) is 0 Å². The van der Waals surface area contributed by atoms with E-state index in [2.05, 4.69) is 4.98 Å². The van der Waals surface area contributed by atoms with Crippen molar-refractivity contribution in [3.8, 4) is 6.01 Å². The Balaban J connectivity index is 2.47. The Hall–Kier alpha value is -1.84. The number of aryl methyl sites for hydroxylation is 1. The molecule has 0 saturated heterocycles. The van der Waals surface area contributed by atoms with Crippen LogP contribution < -0.4 is 10.3 Å². The summed E-state index contributed by atoms with van der Waals surface area (Å²) in [5.41, 5.74) is 1.77. The van der Waals surface area contributed by atoms with Crippen LogP contribution in [0.2, 0.25) is 0 Å². The molecule has 0 fully saturated rings. The third-order valence-electron chi connectivity index (χ3n) is 2.62. The lowest BCUT2D eigenvalue weighted by atomic mass is 10.2. The summed E-state index contributed by atoms with van der Waals surface area (Å²) in [6, 6.07) is 6.11. The summed E-state index contributed by atoms with van der Waals surface area (Å²) in [7, 11) is 0. The maximum atomic E-state index is 12.0. The van der Waals surface area contributed by atoms with E-state index in [-0.39, 0.29) is 5.56 Å². The molecule has 0 radical (unpaired) electrons. The van der Waals surface area contributed by atoms with Crippen molar-refractivity contribution >= 4 is 10.9 Å². The van der Waals surface area contributed by atoms with Gasteiger partial charge in [0, 0.05) is 0 Å². The van der Waals surface area contributed by atoms with Gasteiger partial charge in [-0.2, -0.15) is 4.98 Å². The van der Waals surface area contributed by atoms with Crippen molar-refractivity contribution in [3.05, 3.63) is 34.1 Å². The van der Waals surface area contributed by atoms with E-state index in [9.17, 15) is 4.79 Å². The molecule has 2 aromatic rings. The van der Waals surface area contributed by atoms with Crippen LogP contribution in [-0.4, -0.2) is 16.2 Å². The molecule has 0 spiro atoms. The van der Waals surface area contributed by atoms with E-state index in [4.69, 9.17) is 4.74 Å². The number of benzene rings is 1. The number of nitrogens with zero attached hydrogens (tertiary/aromatic N) is 2. The topological polar surface area (TPSA) is 44.1 Å². The standard InChI is InChI=1S/C11H10N2O2/c1-7-2-3-9-8(6-7)10(14)13-4-5-15-11(13)12-9/h2-3,6H,4-5H2,1H3. The SMILES string of the molecule is Cc1ccc2nc3n(c(=O)c2c1)CCO3. The highest BCUT2D eigenvalue weighted by Gasteiger charge is 2.16. The first-order valence-corrected chi connectivity index (χ1v) is 4.90. The fourth-order valence-corrected chi connectivity index (χ4v) is 1.85. The zero-order valence-corrected chi connectivity index (χ0v) is 8.36. The largest absolute Gasteiger partial charge is 0.463 e. The van der Waals surface area contributed by atoms with E-state index in [1.807, 2.05) is 25.1 Å². The average molecular weight is 202 g/mol. The highest BCUT2D eigenvalue weighted by molar-refractivity contribution is 5.78. The van der Waals surface area contributed by atoms with Crippen molar-refractivity contribution in [1.82, 2.24) is 9.55 Å². The fourth-order valence-electron chi connectivity index (χ4n) is 1.85. The normalized spacial score (nSPS) is 13.9. The lowest BCUT2D eigenvalue weighted by Gasteiger charge is -2.03. The second kappa shape index (κ2) is 2.82. The quantitative estimate of drug-likeness (QED) is 0.642. The van der Waals surface area contributed by atoms with Crippen LogP contribution in [0.25, 0.3) is 10.9 Å². The Morgan fingerprint density at radius 2 is 2.33 bits per heavy atom. The Labute approximate surface area is 86.1 Å². The molecule has 1 aromatic carbocycles. The minimum absolute atomic E-state index is 0.00352. The van der Waals surface area contributed by atoms with Gasteiger partial charge in [0.2, 0.25) is 0 Å². The van der Waals surface area contributed by atoms with E-state index in [0.717, 1.165) is 5.56 Å². The van der Waals surface area contributed by atoms with Gasteiger partial charge in [0.1, 0.15) is 6.61 Å². The Morgan fingerprint density at radius 3 is 3.20 bits per heavy atom. The lowest BCUT2D eigenvalue weighted by molar-refractivity contribution is 0.345. The molecule has 1 aliphatic heterocycles. The van der Waals surface area contributed by atoms with Crippen LogP contribution in [0.1, 0.15) is 5.56 Å². The molecule has 0 amide bonds. The Kier molecular flexibility index (Phi) is 1.59. The van der Waals surface area contributed by atoms with E-state index in [1.165, 1.54) is 0 Å². The summed E-state index contributed by atoms with van der Waals surface area (Å²) < 4.78 is 6.85. The molecule has 0 bridgehead atoms. The third-order valence-corrected chi connectivity index (χ3v) is 2.62. The predicted octanol–water partition coefficient (Wildman–Crippen LogP) is 1.10. The molecule has 1 aliphatic rings. The minimum Gasteiger partial charge on any atom is -0.463 e. The average Bonchev–Trinajstić information content (AvgIpc) is 2.68. The Morgan fingerprint density at radius 1 is 1.47 bits per heavy atom. The number of aromatic nitrogens is 2. The molecule has 76 valence electrons. The molecule has 0 saturated carbocycles. The maximum Gasteiger partial charge on any atom is 0.299 e. The van der Waals surface area contributed by atoms with Gasteiger partial charge in [0.05, 0.1) is 17.4 Å². The Bertz CT molecular complexity index is 601. The van der Waals surface area contributed by atoms with Crippen LogP contribution in [-0.2, 0) is 6.54 Å². The molecule has 3 rings (SSSR count). The summed E-state index contributed by atoms with van der Waals surface area (Å²) in [5, 5.41) is 0.671. The zero-order valence-electron chi connectivity index (χ0n) is 8.36. The number of hydrogen-bond acceptors (Lipinski definition) is 3. The molecule has 4 nitrogen and oxygen atoms in total. The van der Waals surface area contributed by atoms with Gasteiger partial charge in [-0.05, 0) is 19.1 Å². The van der Waals surface area contributed by atoms with Crippen LogP contribution in [0.15, 0.2) is 23.0 Å². The molecular weight excluding hydrogens is 192 g/mol. The summed E-state index contributed by atoms with van der Waals surface area (Å²) >= 11 is 0. The van der Waals surface area contributed by atoms with Gasteiger partial charge >= 0.3 is 0 Å². The molecule has 0 aliphatic carbocycles. The molecule has 0 unspecified atom stereocenters. The van der Waals surface area contributed by atoms with Crippen molar-refractivity contribution in [1.29, 1.82) is 0 Å². The van der Waals surface area contributed by atoms with E-state index in [1.54, 1.807) is 4.57 Å². The van der Waals surface area contributed by atoms with Crippen LogP contribution in [0.4, 0.5) is 0 Å². The van der Waals surface area contributed by atoms with Crippen molar-refractivity contribution in [2.24, 2.45) is 0 Å². The van der Waals surface area contributed by atoms with Crippen molar-refractivity contribution in [3.63, 3.8) is 0 Å². The molecule has 4 heteroatoms. The smallest absolute Gasteiger partial charge is 0.299 e. The zero-order chi connectivity index (χ0) is 10.4. The first-order valence-electron chi connectivity index (χ1n) is 4.90. The van der Waals surface area contributed by atoms with Gasteiger partial charge in [-0.3, -0.25) is 9.36 Å². The predicted molar refractivity (Wildman–Crippen MR) is 56.2 cm³/mol. The van der Waals surface area contributed by atoms with Gasteiger partial charge in [-0.1, -0.05) is 11.6 Å². The first-order chi connectivity index (χ1) is 7.25. The molecule has 1 aromatic heterocycles. The third kappa shape index (κ3) is 1.14. The summed E-state index contributed by atoms with van der Waals surface area (Å²) in [6.45, 7) is 3.11. The van der Waals surface area contributed by atoms with Crippen molar-refractivity contribution in [2.45, 2.75) is 13.5 Å². The minimum atomic E-state index is -0.00352. The molecular formula is C11H10N2O2. The van der Waals surface area contributed by atoms with Gasteiger partial charge in [-0.15, -0.1) is 0 Å². The van der Waals surface area contributed by atoms with Crippen molar-refractivity contribution in [2.75, 3.05) is 6.61 Å². The first kappa shape index (κ1) is 8.47. The van der Waals surface area contributed by atoms with Gasteiger partial charge in [0.25, 0.3) is 11.6 Å². The maximum absolute atomic E-state index is 12.0. The van der Waals surface area contributed by atoms with Crippen LogP contribution in [0.5, 0.6) is 6.01 Å². The molecule has 0 atom stereocenters. The molecule has 0 N–H and O–H groups in total. The van der Waals surface area contributed by atoms with Crippen LogP contribution >= 0.6 is 0 Å². The van der Waals surface area contributed by atoms with Gasteiger partial charge in [0.15, 0.2) is 0 Å². The van der Waals surface area contributed by atoms with Crippen LogP contribution in [0, 0.1) is 6.92 Å². The molecule has 2 heterocycles. The number of fused-ring (bicyclic) bond motifs is 2. The fraction of sp³-hybridized carbons (Fsp3) is 0.273. The second-order valence-corrected chi connectivity index (χ2v) is 3.72. The summed E-state index contributed by atoms with van der Waals surface area (Å²) in [4.78, 5) is 16.3. The highest BCUT2D eigenvalue weighted by atomic mass is 16.5. The van der Waals surface area contributed by atoms with E-state index < -0.39 is 0 Å². The van der Waals surface area contributed by atoms with Crippen LogP contribution in [0.3, 0.4) is 0 Å². The number of hydrogen-bond donors (Lipinski definition) is 0. The lowest BCUT2D eigenvalue weighted by Crippen LogP contribution is -2.18. The molecule has 15 heavy (non-hydrogen) atoms. The van der Waals surface area contributed by atoms with E-state index in [0.29, 0.717) is 30.1 Å². The highest BCUT2D eigenvalue weighted by Crippen LogP contribution is 2.17.